The zero-order valence-electron chi connectivity index (χ0n) is 9.29. The molecule has 5 heteroatoms. The largest absolute Gasteiger partial charge is 0.479 e. The van der Waals surface area contributed by atoms with Crippen molar-refractivity contribution in [3.63, 3.8) is 0 Å². The summed E-state index contributed by atoms with van der Waals surface area (Å²) in [6.45, 7) is 0. The lowest BCUT2D eigenvalue weighted by Crippen LogP contribution is -2.39. The smallest absolute Gasteiger partial charge is 0.407 e. The van der Waals surface area contributed by atoms with Gasteiger partial charge in [-0.2, -0.15) is 0 Å². The van der Waals surface area contributed by atoms with Crippen molar-refractivity contribution in [3.05, 3.63) is 42.0 Å². The SMILES string of the molecule is COC(=O)N[C@@H](/C=C/c1ccccc1)C(=O)O. The van der Waals surface area contributed by atoms with Gasteiger partial charge in [0.15, 0.2) is 0 Å². The molecule has 0 saturated carbocycles. The van der Waals surface area contributed by atoms with Gasteiger partial charge in [-0.15, -0.1) is 0 Å². The number of amides is 1. The van der Waals surface area contributed by atoms with Gasteiger partial charge in [0.2, 0.25) is 0 Å². The van der Waals surface area contributed by atoms with Crippen LogP contribution in [0.3, 0.4) is 0 Å². The van der Waals surface area contributed by atoms with Gasteiger partial charge in [0.25, 0.3) is 0 Å². The Morgan fingerprint density at radius 1 is 1.35 bits per heavy atom. The highest BCUT2D eigenvalue weighted by Gasteiger charge is 2.16. The van der Waals surface area contributed by atoms with Crippen molar-refractivity contribution in [1.82, 2.24) is 5.32 Å². The quantitative estimate of drug-likeness (QED) is 0.829. The van der Waals surface area contributed by atoms with Crippen molar-refractivity contribution in [3.8, 4) is 0 Å². The summed E-state index contributed by atoms with van der Waals surface area (Å²) in [5, 5.41) is 11.1. The fourth-order valence-electron chi connectivity index (χ4n) is 1.15. The molecule has 90 valence electrons. The van der Waals surface area contributed by atoms with E-state index < -0.39 is 18.1 Å². The molecule has 1 atom stereocenters. The second kappa shape index (κ2) is 6.32. The number of alkyl carbamates (subject to hydrolysis) is 1. The van der Waals surface area contributed by atoms with E-state index in [2.05, 4.69) is 10.1 Å². The molecule has 0 aliphatic carbocycles. The molecule has 0 aromatic heterocycles. The molecule has 0 fully saturated rings. The zero-order valence-corrected chi connectivity index (χ0v) is 9.29. The predicted molar refractivity (Wildman–Crippen MR) is 62.4 cm³/mol. The molecular formula is C12H13NO4. The van der Waals surface area contributed by atoms with Gasteiger partial charge in [0.05, 0.1) is 7.11 Å². The minimum atomic E-state index is -1.15. The molecule has 0 spiro atoms. The van der Waals surface area contributed by atoms with E-state index in [1.54, 1.807) is 6.08 Å². The molecule has 5 nitrogen and oxygen atoms in total. The van der Waals surface area contributed by atoms with E-state index in [-0.39, 0.29) is 0 Å². The lowest BCUT2D eigenvalue weighted by Gasteiger charge is -2.08. The van der Waals surface area contributed by atoms with Crippen LogP contribution in [0.2, 0.25) is 0 Å². The Labute approximate surface area is 98.7 Å². The molecule has 0 heterocycles. The first kappa shape index (κ1) is 12.8. The molecule has 0 aliphatic heterocycles. The molecular weight excluding hydrogens is 222 g/mol. The topological polar surface area (TPSA) is 75.6 Å². The Kier molecular flexibility index (Phi) is 4.75. The van der Waals surface area contributed by atoms with Crippen molar-refractivity contribution in [1.29, 1.82) is 0 Å². The average Bonchev–Trinajstić information content (AvgIpc) is 2.35. The fraction of sp³-hybridized carbons (Fsp3) is 0.167. The second-order valence-corrected chi connectivity index (χ2v) is 3.22. The summed E-state index contributed by atoms with van der Waals surface area (Å²) < 4.78 is 4.34. The van der Waals surface area contributed by atoms with Gasteiger partial charge < -0.3 is 15.2 Å². The standard InChI is InChI=1S/C12H13NO4/c1-17-12(16)13-10(11(14)15)8-7-9-5-3-2-4-6-9/h2-8,10H,1H3,(H,13,16)(H,14,15)/b8-7+/t10-/m0/s1. The third-order valence-corrected chi connectivity index (χ3v) is 2.01. The number of hydrogen-bond acceptors (Lipinski definition) is 3. The van der Waals surface area contributed by atoms with Crippen LogP contribution in [0, 0.1) is 0 Å². The first-order valence-corrected chi connectivity index (χ1v) is 4.94. The van der Waals surface area contributed by atoms with E-state index in [0.29, 0.717) is 0 Å². The van der Waals surface area contributed by atoms with Crippen LogP contribution in [0.4, 0.5) is 4.79 Å². The van der Waals surface area contributed by atoms with Crippen LogP contribution in [0.25, 0.3) is 6.08 Å². The summed E-state index contributed by atoms with van der Waals surface area (Å²) >= 11 is 0. The van der Waals surface area contributed by atoms with E-state index in [9.17, 15) is 9.59 Å². The predicted octanol–water partition coefficient (Wildman–Crippen LogP) is 1.51. The number of benzene rings is 1. The summed E-state index contributed by atoms with van der Waals surface area (Å²) in [5.74, 6) is -1.15. The van der Waals surface area contributed by atoms with Crippen LogP contribution in [-0.4, -0.2) is 30.3 Å². The Morgan fingerprint density at radius 3 is 2.53 bits per heavy atom. The summed E-state index contributed by atoms with van der Waals surface area (Å²) in [4.78, 5) is 21.8. The van der Waals surface area contributed by atoms with Crippen molar-refractivity contribution in [2.75, 3.05) is 7.11 Å². The number of rotatable bonds is 4. The second-order valence-electron chi connectivity index (χ2n) is 3.22. The number of hydrogen-bond donors (Lipinski definition) is 2. The van der Waals surface area contributed by atoms with Gasteiger partial charge in [0.1, 0.15) is 6.04 Å². The highest BCUT2D eigenvalue weighted by molar-refractivity contribution is 5.82. The Bertz CT molecular complexity index is 414. The van der Waals surface area contributed by atoms with Crippen LogP contribution >= 0.6 is 0 Å². The molecule has 0 aliphatic rings. The molecule has 0 saturated heterocycles. The summed E-state index contributed by atoms with van der Waals surface area (Å²) in [5.41, 5.74) is 0.852. The third kappa shape index (κ3) is 4.38. The molecule has 1 aromatic carbocycles. The highest BCUT2D eigenvalue weighted by atomic mass is 16.5. The number of carbonyl (C=O) groups excluding carboxylic acids is 1. The molecule has 2 N–H and O–H groups in total. The van der Waals surface area contributed by atoms with Crippen molar-refractivity contribution in [2.45, 2.75) is 6.04 Å². The maximum absolute atomic E-state index is 10.9. The minimum absolute atomic E-state index is 0.782. The van der Waals surface area contributed by atoms with Crippen LogP contribution < -0.4 is 5.32 Å². The number of ether oxygens (including phenoxy) is 1. The third-order valence-electron chi connectivity index (χ3n) is 2.01. The summed E-state index contributed by atoms with van der Waals surface area (Å²) in [6.07, 6.45) is 2.22. The average molecular weight is 235 g/mol. The van der Waals surface area contributed by atoms with Gasteiger partial charge in [-0.1, -0.05) is 42.5 Å². The molecule has 1 amide bonds. The van der Waals surface area contributed by atoms with Crippen molar-refractivity contribution in [2.24, 2.45) is 0 Å². The van der Waals surface area contributed by atoms with E-state index in [1.165, 1.54) is 13.2 Å². The Balaban J connectivity index is 2.70. The lowest BCUT2D eigenvalue weighted by atomic mass is 10.2. The molecule has 17 heavy (non-hydrogen) atoms. The number of carboxylic acids is 1. The Hall–Kier alpha value is -2.30. The number of nitrogens with one attached hydrogen (secondary N) is 1. The van der Waals surface area contributed by atoms with Crippen LogP contribution in [0.1, 0.15) is 5.56 Å². The molecule has 0 radical (unpaired) electrons. The summed E-state index contributed by atoms with van der Waals surface area (Å²) in [7, 11) is 1.18. The van der Waals surface area contributed by atoms with Crippen LogP contribution in [0.15, 0.2) is 36.4 Å². The summed E-state index contributed by atoms with van der Waals surface area (Å²) in [6, 6.07) is 8.08. The van der Waals surface area contributed by atoms with Gasteiger partial charge >= 0.3 is 12.1 Å². The van der Waals surface area contributed by atoms with E-state index in [4.69, 9.17) is 5.11 Å². The minimum Gasteiger partial charge on any atom is -0.479 e. The lowest BCUT2D eigenvalue weighted by molar-refractivity contribution is -0.138. The van der Waals surface area contributed by atoms with Gasteiger partial charge in [-0.3, -0.25) is 0 Å². The van der Waals surface area contributed by atoms with Crippen LogP contribution in [0.5, 0.6) is 0 Å². The maximum Gasteiger partial charge on any atom is 0.407 e. The molecule has 0 unspecified atom stereocenters. The van der Waals surface area contributed by atoms with E-state index in [0.717, 1.165) is 5.56 Å². The first-order valence-electron chi connectivity index (χ1n) is 4.94. The van der Waals surface area contributed by atoms with Crippen LogP contribution in [-0.2, 0) is 9.53 Å². The number of carboxylic acid groups (broad SMARTS) is 1. The van der Waals surface area contributed by atoms with Gasteiger partial charge in [-0.05, 0) is 5.56 Å². The van der Waals surface area contributed by atoms with E-state index >= 15 is 0 Å². The molecule has 0 bridgehead atoms. The first-order chi connectivity index (χ1) is 8.13. The molecule has 1 aromatic rings. The van der Waals surface area contributed by atoms with Gasteiger partial charge in [-0.25, -0.2) is 9.59 Å². The highest BCUT2D eigenvalue weighted by Crippen LogP contribution is 2.02. The number of carbonyl (C=O) groups is 2. The normalized spacial score (nSPS) is 12.1. The zero-order chi connectivity index (χ0) is 12.7. The van der Waals surface area contributed by atoms with E-state index in [1.807, 2.05) is 30.3 Å². The number of methoxy groups -OCH3 is 1. The Morgan fingerprint density at radius 2 is 2.00 bits per heavy atom. The van der Waals surface area contributed by atoms with Gasteiger partial charge in [0, 0.05) is 0 Å². The van der Waals surface area contributed by atoms with Crippen molar-refractivity contribution >= 4 is 18.1 Å². The van der Waals surface area contributed by atoms with Crippen molar-refractivity contribution < 1.29 is 19.4 Å². The number of aliphatic carboxylic acids is 1. The molecule has 1 rings (SSSR count). The fourth-order valence-corrected chi connectivity index (χ4v) is 1.15. The maximum atomic E-state index is 10.9. The monoisotopic (exact) mass is 235 g/mol.